The normalized spacial score (nSPS) is 25.0. The molecule has 1 fully saturated rings. The van der Waals surface area contributed by atoms with Gasteiger partial charge in [0.2, 0.25) is 0 Å². The Labute approximate surface area is 89.3 Å². The van der Waals surface area contributed by atoms with Gasteiger partial charge in [0.15, 0.2) is 0 Å². The Balaban J connectivity index is 1.74. The van der Waals surface area contributed by atoms with Crippen molar-refractivity contribution in [3.63, 3.8) is 0 Å². The fourth-order valence-electron chi connectivity index (χ4n) is 1.69. The van der Waals surface area contributed by atoms with Crippen LogP contribution in [0.1, 0.15) is 18.2 Å². The lowest BCUT2D eigenvalue weighted by atomic mass is 10.3. The SMILES string of the molecule is COc1ccsc1CNCC1CC1C. The number of rotatable bonds is 5. The predicted octanol–water partition coefficient (Wildman–Crippen LogP) is 2.50. The molecule has 0 aromatic carbocycles. The summed E-state index contributed by atoms with van der Waals surface area (Å²) in [5.74, 6) is 2.88. The predicted molar refractivity (Wildman–Crippen MR) is 59.8 cm³/mol. The molecule has 3 heteroatoms. The first-order valence-electron chi connectivity index (χ1n) is 5.12. The van der Waals surface area contributed by atoms with Crippen LogP contribution < -0.4 is 10.1 Å². The van der Waals surface area contributed by atoms with Crippen molar-refractivity contribution >= 4 is 11.3 Å². The van der Waals surface area contributed by atoms with Gasteiger partial charge < -0.3 is 10.1 Å². The molecule has 0 spiro atoms. The molecule has 1 aromatic heterocycles. The van der Waals surface area contributed by atoms with Gasteiger partial charge in [0.1, 0.15) is 5.75 Å². The summed E-state index contributed by atoms with van der Waals surface area (Å²) in [6.45, 7) is 4.42. The second-order valence-corrected chi connectivity index (χ2v) is 5.02. The molecule has 2 nitrogen and oxygen atoms in total. The molecule has 1 aliphatic rings. The molecular weight excluding hydrogens is 194 g/mol. The van der Waals surface area contributed by atoms with Gasteiger partial charge in [-0.2, -0.15) is 0 Å². The molecule has 1 heterocycles. The molecule has 1 aromatic rings. The third-order valence-electron chi connectivity index (χ3n) is 2.89. The van der Waals surface area contributed by atoms with Gasteiger partial charge in [-0.3, -0.25) is 0 Å². The molecule has 0 aliphatic heterocycles. The molecule has 1 aliphatic carbocycles. The Morgan fingerprint density at radius 2 is 2.43 bits per heavy atom. The van der Waals surface area contributed by atoms with Crippen molar-refractivity contribution in [2.45, 2.75) is 19.9 Å². The molecule has 0 radical (unpaired) electrons. The van der Waals surface area contributed by atoms with E-state index in [9.17, 15) is 0 Å². The van der Waals surface area contributed by atoms with Gasteiger partial charge in [-0.15, -0.1) is 11.3 Å². The van der Waals surface area contributed by atoms with Crippen LogP contribution >= 0.6 is 11.3 Å². The van der Waals surface area contributed by atoms with E-state index in [4.69, 9.17) is 4.74 Å². The van der Waals surface area contributed by atoms with Crippen LogP contribution in [0.4, 0.5) is 0 Å². The monoisotopic (exact) mass is 211 g/mol. The summed E-state index contributed by atoms with van der Waals surface area (Å²) >= 11 is 1.76. The zero-order chi connectivity index (χ0) is 9.97. The maximum atomic E-state index is 5.25. The number of hydrogen-bond donors (Lipinski definition) is 1. The Hall–Kier alpha value is -0.540. The largest absolute Gasteiger partial charge is 0.496 e. The van der Waals surface area contributed by atoms with Crippen LogP contribution in [-0.4, -0.2) is 13.7 Å². The minimum atomic E-state index is 0.918. The number of thiophene rings is 1. The molecule has 0 saturated heterocycles. The van der Waals surface area contributed by atoms with Crippen molar-refractivity contribution in [3.8, 4) is 5.75 Å². The average Bonchev–Trinajstić information content (AvgIpc) is 2.72. The van der Waals surface area contributed by atoms with Gasteiger partial charge >= 0.3 is 0 Å². The van der Waals surface area contributed by atoms with Gasteiger partial charge in [0.05, 0.1) is 12.0 Å². The van der Waals surface area contributed by atoms with Crippen LogP contribution in [0.5, 0.6) is 5.75 Å². The highest BCUT2D eigenvalue weighted by molar-refractivity contribution is 7.10. The van der Waals surface area contributed by atoms with Crippen LogP contribution in [0.3, 0.4) is 0 Å². The first-order valence-corrected chi connectivity index (χ1v) is 6.00. The molecule has 14 heavy (non-hydrogen) atoms. The lowest BCUT2D eigenvalue weighted by Gasteiger charge is -2.04. The molecule has 2 atom stereocenters. The summed E-state index contributed by atoms with van der Waals surface area (Å²) in [5, 5.41) is 5.56. The Bertz CT molecular complexity index is 297. The maximum Gasteiger partial charge on any atom is 0.134 e. The summed E-state index contributed by atoms with van der Waals surface area (Å²) in [7, 11) is 1.73. The van der Waals surface area contributed by atoms with Crippen molar-refractivity contribution < 1.29 is 4.74 Å². The number of nitrogens with one attached hydrogen (secondary N) is 1. The Morgan fingerprint density at radius 3 is 3.07 bits per heavy atom. The van der Waals surface area contributed by atoms with Crippen LogP contribution in [0, 0.1) is 11.8 Å². The lowest BCUT2D eigenvalue weighted by molar-refractivity contribution is 0.410. The number of hydrogen-bond acceptors (Lipinski definition) is 3. The number of ether oxygens (including phenoxy) is 1. The fourth-order valence-corrected chi connectivity index (χ4v) is 2.50. The van der Waals surface area contributed by atoms with E-state index in [1.54, 1.807) is 18.4 Å². The van der Waals surface area contributed by atoms with Crippen LogP contribution in [0.2, 0.25) is 0 Å². The van der Waals surface area contributed by atoms with E-state index >= 15 is 0 Å². The van der Waals surface area contributed by atoms with Crippen molar-refractivity contribution in [3.05, 3.63) is 16.3 Å². The molecule has 1 saturated carbocycles. The van der Waals surface area contributed by atoms with Crippen molar-refractivity contribution in [2.24, 2.45) is 11.8 Å². The van der Waals surface area contributed by atoms with Gasteiger partial charge in [-0.1, -0.05) is 6.92 Å². The van der Waals surface area contributed by atoms with E-state index < -0.39 is 0 Å². The second-order valence-electron chi connectivity index (χ2n) is 4.02. The lowest BCUT2D eigenvalue weighted by Crippen LogP contribution is -2.16. The third-order valence-corrected chi connectivity index (χ3v) is 3.79. The summed E-state index contributed by atoms with van der Waals surface area (Å²) in [5.41, 5.74) is 0. The van der Waals surface area contributed by atoms with Gasteiger partial charge in [-0.05, 0) is 36.2 Å². The van der Waals surface area contributed by atoms with E-state index in [-0.39, 0.29) is 0 Å². The summed E-state index contributed by atoms with van der Waals surface area (Å²) in [6.07, 6.45) is 1.40. The minimum Gasteiger partial charge on any atom is -0.496 e. The van der Waals surface area contributed by atoms with E-state index in [2.05, 4.69) is 17.6 Å². The average molecular weight is 211 g/mol. The topological polar surface area (TPSA) is 21.3 Å². The van der Waals surface area contributed by atoms with Crippen LogP contribution in [0.25, 0.3) is 0 Å². The zero-order valence-corrected chi connectivity index (χ0v) is 9.56. The molecule has 78 valence electrons. The molecule has 2 rings (SSSR count). The standard InChI is InChI=1S/C11H17NOS/c1-8-5-9(8)6-12-7-11-10(13-2)3-4-14-11/h3-4,8-9,12H,5-7H2,1-2H3. The van der Waals surface area contributed by atoms with E-state index in [1.165, 1.54) is 11.3 Å². The Morgan fingerprint density at radius 1 is 1.64 bits per heavy atom. The van der Waals surface area contributed by atoms with Crippen molar-refractivity contribution in [2.75, 3.05) is 13.7 Å². The quantitative estimate of drug-likeness (QED) is 0.808. The fraction of sp³-hybridized carbons (Fsp3) is 0.636. The van der Waals surface area contributed by atoms with Crippen molar-refractivity contribution in [1.29, 1.82) is 0 Å². The summed E-state index contributed by atoms with van der Waals surface area (Å²) < 4.78 is 5.25. The molecular formula is C11H17NOS. The summed E-state index contributed by atoms with van der Waals surface area (Å²) in [4.78, 5) is 1.31. The third kappa shape index (κ3) is 2.28. The highest BCUT2D eigenvalue weighted by Crippen LogP contribution is 2.36. The molecule has 0 bridgehead atoms. The molecule has 0 amide bonds. The first-order chi connectivity index (χ1) is 6.81. The number of methoxy groups -OCH3 is 1. The van der Waals surface area contributed by atoms with Gasteiger partial charge in [0, 0.05) is 6.54 Å². The summed E-state index contributed by atoms with van der Waals surface area (Å²) in [6, 6.07) is 2.03. The van der Waals surface area contributed by atoms with Crippen molar-refractivity contribution in [1.82, 2.24) is 5.32 Å². The minimum absolute atomic E-state index is 0.918. The van der Waals surface area contributed by atoms with Crippen LogP contribution in [0.15, 0.2) is 11.4 Å². The van der Waals surface area contributed by atoms with E-state index in [1.807, 2.05) is 6.07 Å². The maximum absolute atomic E-state index is 5.25. The first kappa shape index (κ1) is 9.99. The molecule has 2 unspecified atom stereocenters. The smallest absolute Gasteiger partial charge is 0.134 e. The highest BCUT2D eigenvalue weighted by Gasteiger charge is 2.31. The van der Waals surface area contributed by atoms with E-state index in [0.29, 0.717) is 0 Å². The zero-order valence-electron chi connectivity index (χ0n) is 8.75. The molecule has 1 N–H and O–H groups in total. The van der Waals surface area contributed by atoms with Gasteiger partial charge in [-0.25, -0.2) is 0 Å². The van der Waals surface area contributed by atoms with E-state index in [0.717, 1.165) is 30.7 Å². The highest BCUT2D eigenvalue weighted by atomic mass is 32.1. The second kappa shape index (κ2) is 4.32. The Kier molecular flexibility index (Phi) is 3.08. The van der Waals surface area contributed by atoms with Crippen LogP contribution in [-0.2, 0) is 6.54 Å². The van der Waals surface area contributed by atoms with Gasteiger partial charge in [0.25, 0.3) is 0 Å².